The second-order valence-electron chi connectivity index (χ2n) is 4.02. The Hall–Kier alpha value is -1.56. The summed E-state index contributed by atoms with van der Waals surface area (Å²) in [7, 11) is 1.64. The SMILES string of the molecule is CCOC(=O)c1coc(N(CCOC)C(C)C)n1. The summed E-state index contributed by atoms with van der Waals surface area (Å²) in [6.45, 7) is 7.32. The van der Waals surface area contributed by atoms with E-state index in [1.807, 2.05) is 18.7 Å². The molecule has 0 bridgehead atoms. The summed E-state index contributed by atoms with van der Waals surface area (Å²) in [5, 5.41) is 0. The molecule has 1 rings (SSSR count). The minimum absolute atomic E-state index is 0.190. The lowest BCUT2D eigenvalue weighted by Gasteiger charge is -2.24. The van der Waals surface area contributed by atoms with Crippen molar-refractivity contribution in [3.8, 4) is 0 Å². The van der Waals surface area contributed by atoms with Crippen LogP contribution in [-0.4, -0.2) is 43.9 Å². The van der Waals surface area contributed by atoms with Crippen LogP contribution in [0.25, 0.3) is 0 Å². The van der Waals surface area contributed by atoms with Crippen LogP contribution in [0.4, 0.5) is 6.01 Å². The summed E-state index contributed by atoms with van der Waals surface area (Å²) in [4.78, 5) is 17.5. The highest BCUT2D eigenvalue weighted by molar-refractivity contribution is 5.87. The molecule has 1 heterocycles. The van der Waals surface area contributed by atoms with Gasteiger partial charge in [0.15, 0.2) is 5.69 Å². The van der Waals surface area contributed by atoms with Crippen molar-refractivity contribution >= 4 is 12.0 Å². The minimum Gasteiger partial charge on any atom is -0.461 e. The van der Waals surface area contributed by atoms with Crippen LogP contribution < -0.4 is 4.90 Å². The quantitative estimate of drug-likeness (QED) is 0.692. The summed E-state index contributed by atoms with van der Waals surface area (Å²) in [6, 6.07) is 0.610. The number of anilines is 1. The maximum atomic E-state index is 11.5. The molecule has 0 aliphatic carbocycles. The van der Waals surface area contributed by atoms with Crippen LogP contribution >= 0.6 is 0 Å². The number of methoxy groups -OCH3 is 1. The van der Waals surface area contributed by atoms with Crippen molar-refractivity contribution < 1.29 is 18.7 Å². The Kier molecular flexibility index (Phi) is 5.64. The fraction of sp³-hybridized carbons (Fsp3) is 0.667. The monoisotopic (exact) mass is 256 g/mol. The van der Waals surface area contributed by atoms with Crippen LogP contribution in [0.15, 0.2) is 10.7 Å². The number of nitrogens with zero attached hydrogens (tertiary/aromatic N) is 2. The third-order valence-electron chi connectivity index (χ3n) is 2.38. The molecule has 6 heteroatoms. The molecule has 6 nitrogen and oxygen atoms in total. The Balaban J connectivity index is 2.77. The Morgan fingerprint density at radius 1 is 1.56 bits per heavy atom. The van der Waals surface area contributed by atoms with Gasteiger partial charge in [-0.3, -0.25) is 0 Å². The lowest BCUT2D eigenvalue weighted by molar-refractivity contribution is 0.0519. The highest BCUT2D eigenvalue weighted by atomic mass is 16.5. The van der Waals surface area contributed by atoms with Crippen LogP contribution in [0.1, 0.15) is 31.3 Å². The first-order valence-corrected chi connectivity index (χ1v) is 5.98. The zero-order valence-electron chi connectivity index (χ0n) is 11.3. The molecule has 0 unspecified atom stereocenters. The third kappa shape index (κ3) is 3.73. The smallest absolute Gasteiger partial charge is 0.360 e. The second kappa shape index (κ2) is 7.00. The van der Waals surface area contributed by atoms with Crippen molar-refractivity contribution in [1.82, 2.24) is 4.98 Å². The molecule has 0 spiro atoms. The topological polar surface area (TPSA) is 64.8 Å². The number of hydrogen-bond acceptors (Lipinski definition) is 6. The van der Waals surface area contributed by atoms with Gasteiger partial charge in [-0.05, 0) is 20.8 Å². The predicted molar refractivity (Wildman–Crippen MR) is 66.8 cm³/mol. The highest BCUT2D eigenvalue weighted by Gasteiger charge is 2.19. The first-order chi connectivity index (χ1) is 8.60. The molecule has 0 amide bonds. The summed E-state index contributed by atoms with van der Waals surface area (Å²) < 4.78 is 15.2. The van der Waals surface area contributed by atoms with E-state index in [1.165, 1.54) is 6.26 Å². The standard InChI is InChI=1S/C12H20N2O4/c1-5-17-11(15)10-8-18-12(13-10)14(9(2)3)6-7-16-4/h8-9H,5-7H2,1-4H3. The average molecular weight is 256 g/mol. The number of oxazole rings is 1. The third-order valence-corrected chi connectivity index (χ3v) is 2.38. The zero-order chi connectivity index (χ0) is 13.5. The highest BCUT2D eigenvalue weighted by Crippen LogP contribution is 2.16. The van der Waals surface area contributed by atoms with Crippen molar-refractivity contribution in [3.63, 3.8) is 0 Å². The van der Waals surface area contributed by atoms with E-state index in [4.69, 9.17) is 13.9 Å². The van der Waals surface area contributed by atoms with E-state index in [0.29, 0.717) is 25.8 Å². The van der Waals surface area contributed by atoms with Crippen molar-refractivity contribution in [2.24, 2.45) is 0 Å². The number of ether oxygens (including phenoxy) is 2. The summed E-state index contributed by atoms with van der Waals surface area (Å²) in [5.74, 6) is -0.469. The molecular formula is C12H20N2O4. The van der Waals surface area contributed by atoms with Gasteiger partial charge in [0.1, 0.15) is 6.26 Å². The molecule has 18 heavy (non-hydrogen) atoms. The molecule has 0 radical (unpaired) electrons. The van der Waals surface area contributed by atoms with E-state index < -0.39 is 5.97 Å². The van der Waals surface area contributed by atoms with Crippen molar-refractivity contribution in [3.05, 3.63) is 12.0 Å². The Morgan fingerprint density at radius 3 is 2.83 bits per heavy atom. The van der Waals surface area contributed by atoms with E-state index in [0.717, 1.165) is 0 Å². The molecule has 102 valence electrons. The molecule has 0 fully saturated rings. The fourth-order valence-electron chi connectivity index (χ4n) is 1.46. The van der Waals surface area contributed by atoms with E-state index >= 15 is 0 Å². The van der Waals surface area contributed by atoms with Gasteiger partial charge < -0.3 is 18.8 Å². The number of aromatic nitrogens is 1. The molecule has 0 atom stereocenters. The lowest BCUT2D eigenvalue weighted by atomic mass is 10.3. The summed E-state index contributed by atoms with van der Waals surface area (Å²) >= 11 is 0. The number of rotatable bonds is 7. The largest absolute Gasteiger partial charge is 0.461 e. The fourth-order valence-corrected chi connectivity index (χ4v) is 1.46. The number of carbonyl (C=O) groups is 1. The summed E-state index contributed by atoms with van der Waals surface area (Å²) in [6.07, 6.45) is 1.31. The van der Waals surface area contributed by atoms with Crippen LogP contribution in [0.2, 0.25) is 0 Å². The maximum absolute atomic E-state index is 11.5. The van der Waals surface area contributed by atoms with Gasteiger partial charge in [-0.25, -0.2) is 4.79 Å². The minimum atomic E-state index is -0.469. The number of hydrogen-bond donors (Lipinski definition) is 0. The molecular weight excluding hydrogens is 236 g/mol. The van der Waals surface area contributed by atoms with Gasteiger partial charge in [0.25, 0.3) is 6.01 Å². The van der Waals surface area contributed by atoms with Gasteiger partial charge in [0.2, 0.25) is 0 Å². The second-order valence-corrected chi connectivity index (χ2v) is 4.02. The van der Waals surface area contributed by atoms with Crippen LogP contribution in [-0.2, 0) is 9.47 Å². The molecule has 0 aliphatic rings. The van der Waals surface area contributed by atoms with Crippen LogP contribution in [0.3, 0.4) is 0 Å². The van der Waals surface area contributed by atoms with Gasteiger partial charge in [0, 0.05) is 19.7 Å². The molecule has 0 saturated carbocycles. The molecule has 1 aromatic rings. The Bertz CT molecular complexity index is 376. The predicted octanol–water partition coefficient (Wildman–Crippen LogP) is 1.71. The van der Waals surface area contributed by atoms with E-state index in [-0.39, 0.29) is 11.7 Å². The number of carbonyl (C=O) groups excluding carboxylic acids is 1. The normalized spacial score (nSPS) is 10.7. The molecule has 0 N–H and O–H groups in total. The van der Waals surface area contributed by atoms with Crippen molar-refractivity contribution in [2.75, 3.05) is 31.8 Å². The van der Waals surface area contributed by atoms with Crippen molar-refractivity contribution in [2.45, 2.75) is 26.8 Å². The maximum Gasteiger partial charge on any atom is 0.360 e. The van der Waals surface area contributed by atoms with E-state index in [2.05, 4.69) is 4.98 Å². The Morgan fingerprint density at radius 2 is 2.28 bits per heavy atom. The molecule has 0 saturated heterocycles. The van der Waals surface area contributed by atoms with Gasteiger partial charge in [-0.15, -0.1) is 0 Å². The van der Waals surface area contributed by atoms with Gasteiger partial charge >= 0.3 is 5.97 Å². The Labute approximate surface area is 107 Å². The average Bonchev–Trinajstić information content (AvgIpc) is 2.79. The molecule has 0 aromatic carbocycles. The zero-order valence-corrected chi connectivity index (χ0v) is 11.3. The first-order valence-electron chi connectivity index (χ1n) is 5.98. The van der Waals surface area contributed by atoms with E-state index in [1.54, 1.807) is 14.0 Å². The van der Waals surface area contributed by atoms with Crippen LogP contribution in [0.5, 0.6) is 0 Å². The van der Waals surface area contributed by atoms with Crippen molar-refractivity contribution in [1.29, 1.82) is 0 Å². The van der Waals surface area contributed by atoms with Crippen LogP contribution in [0, 0.1) is 0 Å². The van der Waals surface area contributed by atoms with Gasteiger partial charge in [-0.2, -0.15) is 4.98 Å². The number of esters is 1. The first kappa shape index (κ1) is 14.5. The lowest BCUT2D eigenvalue weighted by Crippen LogP contribution is -2.34. The van der Waals surface area contributed by atoms with E-state index in [9.17, 15) is 4.79 Å². The van der Waals surface area contributed by atoms with Gasteiger partial charge in [-0.1, -0.05) is 0 Å². The molecule has 1 aromatic heterocycles. The summed E-state index contributed by atoms with van der Waals surface area (Å²) in [5.41, 5.74) is 0.190. The van der Waals surface area contributed by atoms with Gasteiger partial charge in [0.05, 0.1) is 13.2 Å². The molecule has 0 aliphatic heterocycles.